The molecule has 0 N–H and O–H groups in total. The highest BCUT2D eigenvalue weighted by atomic mass is 32.1. The van der Waals surface area contributed by atoms with Gasteiger partial charge in [-0.3, -0.25) is 0 Å². The van der Waals surface area contributed by atoms with E-state index in [1.807, 2.05) is 0 Å². The Hall–Kier alpha value is 0.0700. The Morgan fingerprint density at radius 2 is 1.06 bits per heavy atom. The maximum Gasteiger partial charge on any atom is 0.119 e. The third-order valence-corrected chi connectivity index (χ3v) is 8.04. The Kier molecular flexibility index (Phi) is 20.3. The zero-order valence-electron chi connectivity index (χ0n) is 20.6. The van der Waals surface area contributed by atoms with E-state index >= 15 is 0 Å². The Balaban J connectivity index is 1.92. The molecule has 1 aromatic carbocycles. The van der Waals surface area contributed by atoms with Crippen LogP contribution in [0.25, 0.3) is 0 Å². The molecule has 0 aromatic heterocycles. The highest BCUT2D eigenvalue weighted by molar-refractivity contribution is 7.85. The summed E-state index contributed by atoms with van der Waals surface area (Å²) < 4.78 is 5.93. The van der Waals surface area contributed by atoms with Crippen molar-refractivity contribution in [1.29, 1.82) is 0 Å². The van der Waals surface area contributed by atoms with Gasteiger partial charge in [-0.1, -0.05) is 115 Å². The van der Waals surface area contributed by atoms with Gasteiger partial charge in [-0.05, 0) is 29.9 Å². The van der Waals surface area contributed by atoms with Gasteiger partial charge in [-0.25, -0.2) is 0 Å². The van der Waals surface area contributed by atoms with Crippen molar-refractivity contribution >= 4 is 37.9 Å². The fourth-order valence-corrected chi connectivity index (χ4v) is 5.39. The van der Waals surface area contributed by atoms with Gasteiger partial charge in [-0.2, -0.15) is 37.9 Å². The predicted octanol–water partition coefficient (Wildman–Crippen LogP) is 9.57. The lowest BCUT2D eigenvalue weighted by molar-refractivity contribution is 0.304. The molecule has 0 aliphatic rings. The molecule has 2 atom stereocenters. The van der Waals surface area contributed by atoms with Gasteiger partial charge in [0.1, 0.15) is 5.75 Å². The summed E-state index contributed by atoms with van der Waals surface area (Å²) >= 11 is 13.5. The van der Waals surface area contributed by atoms with E-state index in [9.17, 15) is 0 Å². The number of hydrogen-bond acceptors (Lipinski definition) is 4. The monoisotopic (exact) mass is 498 g/mol. The van der Waals surface area contributed by atoms with E-state index < -0.39 is 0 Å². The lowest BCUT2D eigenvalue weighted by Gasteiger charge is -2.20. The summed E-state index contributed by atoms with van der Waals surface area (Å²) in [5.74, 6) is 2.84. The zero-order valence-corrected chi connectivity index (χ0v) is 23.3. The second kappa shape index (κ2) is 21.6. The van der Waals surface area contributed by atoms with E-state index in [4.69, 9.17) is 4.74 Å². The van der Waals surface area contributed by atoms with Crippen LogP contribution >= 0.6 is 37.9 Å². The van der Waals surface area contributed by atoms with Crippen molar-refractivity contribution in [2.45, 2.75) is 121 Å². The first-order valence-electron chi connectivity index (χ1n) is 13.4. The molecule has 186 valence electrons. The quantitative estimate of drug-likeness (QED) is 0.106. The van der Waals surface area contributed by atoms with Crippen LogP contribution in [0.2, 0.25) is 0 Å². The number of ether oxygens (including phenoxy) is 1. The van der Waals surface area contributed by atoms with Gasteiger partial charge in [0.05, 0.1) is 6.61 Å². The third-order valence-electron chi connectivity index (χ3n) is 6.42. The molecule has 0 amide bonds. The lowest BCUT2D eigenvalue weighted by Crippen LogP contribution is -2.16. The molecule has 0 heterocycles. The molecule has 32 heavy (non-hydrogen) atoms. The zero-order chi connectivity index (χ0) is 23.3. The summed E-state index contributed by atoms with van der Waals surface area (Å²) in [7, 11) is 0. The number of thiol groups is 3. The molecule has 0 saturated carbocycles. The fourth-order valence-electron chi connectivity index (χ4n) is 4.23. The van der Waals surface area contributed by atoms with Crippen LogP contribution < -0.4 is 4.74 Å². The van der Waals surface area contributed by atoms with E-state index in [1.54, 1.807) is 0 Å². The topological polar surface area (TPSA) is 9.23 Å². The Labute approximate surface area is 216 Å². The number of unbranched alkanes of at least 4 members (excludes halogenated alkanes) is 15. The van der Waals surface area contributed by atoms with Crippen LogP contribution in [0.3, 0.4) is 0 Å². The van der Waals surface area contributed by atoms with E-state index in [1.165, 1.54) is 102 Å². The van der Waals surface area contributed by atoms with Gasteiger partial charge in [0.2, 0.25) is 0 Å². The standard InChI is InChI=1S/C28H50OS3/c1-2-3-4-5-6-7-8-9-10-11-12-13-14-15-16-17-22-29-26-20-18-25(19-21-26)27(23-30)28(32)24-31/h18-21,27-28,30-32H,2-17,22-24H2,1H3. The van der Waals surface area contributed by atoms with E-state index in [0.717, 1.165) is 30.3 Å². The third kappa shape index (κ3) is 15.1. The molecule has 0 aliphatic heterocycles. The summed E-state index contributed by atoms with van der Waals surface area (Å²) in [5, 5.41) is 0.229. The molecule has 1 nitrogen and oxygen atoms in total. The molecule has 0 spiro atoms. The van der Waals surface area contributed by atoms with Gasteiger partial charge < -0.3 is 4.74 Å². The molecular formula is C28H50OS3. The van der Waals surface area contributed by atoms with E-state index in [0.29, 0.717) is 5.92 Å². The van der Waals surface area contributed by atoms with Gasteiger partial charge in [0, 0.05) is 16.9 Å². The van der Waals surface area contributed by atoms with Crippen LogP contribution in [0.5, 0.6) is 5.75 Å². The van der Waals surface area contributed by atoms with Gasteiger partial charge >= 0.3 is 0 Å². The normalized spacial score (nSPS) is 13.2. The summed E-state index contributed by atoms with van der Waals surface area (Å²) in [6.45, 7) is 3.11. The first-order valence-corrected chi connectivity index (χ1v) is 15.1. The SMILES string of the molecule is CCCCCCCCCCCCCCCCCCOc1ccc(C(CS)C(S)CS)cc1. The highest BCUT2D eigenvalue weighted by Gasteiger charge is 2.17. The van der Waals surface area contributed by atoms with Crippen molar-refractivity contribution in [1.82, 2.24) is 0 Å². The van der Waals surface area contributed by atoms with E-state index in [2.05, 4.69) is 69.1 Å². The molecule has 1 aromatic rings. The van der Waals surface area contributed by atoms with Crippen molar-refractivity contribution in [2.24, 2.45) is 0 Å². The van der Waals surface area contributed by atoms with Crippen LogP contribution in [0.1, 0.15) is 121 Å². The van der Waals surface area contributed by atoms with Crippen molar-refractivity contribution in [3.8, 4) is 5.75 Å². The first-order chi connectivity index (χ1) is 15.7. The maximum absolute atomic E-state index is 5.93. The number of rotatable bonds is 22. The Morgan fingerprint density at radius 3 is 1.47 bits per heavy atom. The van der Waals surface area contributed by atoms with Crippen molar-refractivity contribution < 1.29 is 4.74 Å². The Morgan fingerprint density at radius 1 is 0.625 bits per heavy atom. The molecule has 0 saturated heterocycles. The molecule has 1 rings (SSSR count). The largest absolute Gasteiger partial charge is 0.494 e. The summed E-state index contributed by atoms with van der Waals surface area (Å²) in [6.07, 6.45) is 22.4. The smallest absolute Gasteiger partial charge is 0.119 e. The van der Waals surface area contributed by atoms with Gasteiger partial charge in [-0.15, -0.1) is 0 Å². The summed E-state index contributed by atoms with van der Waals surface area (Å²) in [4.78, 5) is 0. The minimum atomic E-state index is 0.229. The minimum Gasteiger partial charge on any atom is -0.494 e. The van der Waals surface area contributed by atoms with Gasteiger partial charge in [0.25, 0.3) is 0 Å². The molecule has 0 aliphatic carbocycles. The molecule has 4 heteroatoms. The fraction of sp³-hybridized carbons (Fsp3) is 0.786. The number of benzene rings is 1. The van der Waals surface area contributed by atoms with Crippen LogP contribution in [0, 0.1) is 0 Å². The van der Waals surface area contributed by atoms with E-state index in [-0.39, 0.29) is 5.25 Å². The lowest BCUT2D eigenvalue weighted by atomic mass is 9.98. The maximum atomic E-state index is 5.93. The summed E-state index contributed by atoms with van der Waals surface area (Å²) in [5.41, 5.74) is 1.27. The molecule has 2 unspecified atom stereocenters. The average Bonchev–Trinajstić information content (AvgIpc) is 2.82. The minimum absolute atomic E-state index is 0.229. The highest BCUT2D eigenvalue weighted by Crippen LogP contribution is 2.27. The average molecular weight is 499 g/mol. The molecular weight excluding hydrogens is 449 g/mol. The second-order valence-corrected chi connectivity index (χ2v) is 10.7. The number of hydrogen-bond donors (Lipinski definition) is 3. The summed E-state index contributed by atoms with van der Waals surface area (Å²) in [6, 6.07) is 8.46. The second-order valence-electron chi connectivity index (χ2n) is 9.26. The van der Waals surface area contributed by atoms with Crippen molar-refractivity contribution in [3.63, 3.8) is 0 Å². The molecule has 0 bridgehead atoms. The van der Waals surface area contributed by atoms with Crippen LogP contribution in [0.4, 0.5) is 0 Å². The van der Waals surface area contributed by atoms with Crippen LogP contribution in [0.15, 0.2) is 24.3 Å². The molecule has 0 fully saturated rings. The van der Waals surface area contributed by atoms with Crippen molar-refractivity contribution in [3.05, 3.63) is 29.8 Å². The van der Waals surface area contributed by atoms with Crippen LogP contribution in [-0.2, 0) is 0 Å². The predicted molar refractivity (Wildman–Crippen MR) is 155 cm³/mol. The van der Waals surface area contributed by atoms with Crippen LogP contribution in [-0.4, -0.2) is 23.4 Å². The first kappa shape index (κ1) is 30.1. The molecule has 0 radical (unpaired) electrons. The Bertz CT molecular complexity index is 520. The van der Waals surface area contributed by atoms with Crippen molar-refractivity contribution in [2.75, 3.05) is 18.1 Å². The van der Waals surface area contributed by atoms with Gasteiger partial charge in [0.15, 0.2) is 0 Å².